The summed E-state index contributed by atoms with van der Waals surface area (Å²) >= 11 is 0. The molecule has 2 N–H and O–H groups in total. The van der Waals surface area contributed by atoms with Crippen molar-refractivity contribution in [2.24, 2.45) is 0 Å². The number of carbonyl (C=O) groups excluding carboxylic acids is 2. The summed E-state index contributed by atoms with van der Waals surface area (Å²) in [5, 5.41) is 5.43. The van der Waals surface area contributed by atoms with Crippen LogP contribution >= 0.6 is 0 Å². The monoisotopic (exact) mass is 482 g/mol. The van der Waals surface area contributed by atoms with Crippen molar-refractivity contribution in [1.29, 1.82) is 0 Å². The number of hydrogen-bond acceptors (Lipinski definition) is 4. The quantitative estimate of drug-likeness (QED) is 0.229. The van der Waals surface area contributed by atoms with Crippen LogP contribution in [0.4, 0.5) is 0 Å². The van der Waals surface area contributed by atoms with Crippen molar-refractivity contribution in [3.63, 3.8) is 0 Å². The zero-order valence-corrected chi connectivity index (χ0v) is 20.9. The van der Waals surface area contributed by atoms with Gasteiger partial charge in [0.25, 0.3) is 0 Å². The second kappa shape index (κ2) is 12.8. The number of benzene rings is 2. The zero-order chi connectivity index (χ0) is 25.2. The smallest absolute Gasteiger partial charge is 0.230 e. The molecule has 186 valence electrons. The van der Waals surface area contributed by atoms with E-state index in [1.54, 1.807) is 6.20 Å². The number of carbonyl (C=O) groups is 2. The Hall–Kier alpha value is -3.80. The van der Waals surface area contributed by atoms with Gasteiger partial charge in [-0.1, -0.05) is 62.2 Å². The maximum Gasteiger partial charge on any atom is 0.230 e. The number of imidazole rings is 1. The van der Waals surface area contributed by atoms with Crippen molar-refractivity contribution in [2.75, 3.05) is 6.54 Å². The van der Waals surface area contributed by atoms with Gasteiger partial charge < -0.3 is 10.3 Å². The molecule has 0 bridgehead atoms. The van der Waals surface area contributed by atoms with Gasteiger partial charge in [-0.25, -0.2) is 4.98 Å². The standard InChI is InChI=1S/C30H34N4O2/c1-2-26(35)13-4-3-5-14-27(30(36)32-19-17-25-12-8-9-18-31-25)29-33-21-28(34-29)24-16-15-22-10-6-7-11-23(22)20-24/h6-12,15-16,18,20-21,27H,2-5,13-14,17,19H2,1H3,(H,32,36)(H,33,34). The molecule has 0 saturated carbocycles. The number of nitrogens with zero attached hydrogens (tertiary/aromatic N) is 2. The van der Waals surface area contributed by atoms with Crippen LogP contribution in [-0.4, -0.2) is 33.2 Å². The van der Waals surface area contributed by atoms with E-state index in [4.69, 9.17) is 0 Å². The molecule has 1 amide bonds. The first-order valence-corrected chi connectivity index (χ1v) is 12.9. The lowest BCUT2D eigenvalue weighted by atomic mass is 9.98. The minimum Gasteiger partial charge on any atom is -0.355 e. The van der Waals surface area contributed by atoms with Gasteiger partial charge in [0.2, 0.25) is 5.91 Å². The number of H-pyrrole nitrogens is 1. The van der Waals surface area contributed by atoms with Crippen molar-refractivity contribution in [3.8, 4) is 11.3 Å². The van der Waals surface area contributed by atoms with Crippen LogP contribution in [0.1, 0.15) is 62.9 Å². The summed E-state index contributed by atoms with van der Waals surface area (Å²) in [6, 6.07) is 20.4. The summed E-state index contributed by atoms with van der Waals surface area (Å²) in [5.74, 6) is 0.572. The highest BCUT2D eigenvalue weighted by Gasteiger charge is 2.23. The second-order valence-corrected chi connectivity index (χ2v) is 9.15. The van der Waals surface area contributed by atoms with Crippen LogP contribution in [0.2, 0.25) is 0 Å². The van der Waals surface area contributed by atoms with E-state index < -0.39 is 0 Å². The molecule has 4 rings (SSSR count). The molecule has 2 aromatic heterocycles. The number of pyridine rings is 1. The Bertz CT molecular complexity index is 1280. The fourth-order valence-corrected chi connectivity index (χ4v) is 4.42. The summed E-state index contributed by atoms with van der Waals surface area (Å²) in [6.45, 7) is 2.42. The van der Waals surface area contributed by atoms with Gasteiger partial charge in [0.15, 0.2) is 0 Å². The molecule has 36 heavy (non-hydrogen) atoms. The summed E-state index contributed by atoms with van der Waals surface area (Å²) in [6.07, 6.45) is 8.78. The number of hydrogen-bond donors (Lipinski definition) is 2. The van der Waals surface area contributed by atoms with Gasteiger partial charge in [0, 0.05) is 43.3 Å². The highest BCUT2D eigenvalue weighted by atomic mass is 16.2. The molecule has 2 heterocycles. The fourth-order valence-electron chi connectivity index (χ4n) is 4.42. The van der Waals surface area contributed by atoms with Gasteiger partial charge in [0.1, 0.15) is 11.6 Å². The van der Waals surface area contributed by atoms with E-state index >= 15 is 0 Å². The molecule has 1 atom stereocenters. The predicted octanol–water partition coefficient (Wildman–Crippen LogP) is 6.00. The maximum absolute atomic E-state index is 13.2. The normalized spacial score (nSPS) is 11.9. The predicted molar refractivity (Wildman–Crippen MR) is 144 cm³/mol. The third kappa shape index (κ3) is 6.87. The summed E-state index contributed by atoms with van der Waals surface area (Å²) < 4.78 is 0. The highest BCUT2D eigenvalue weighted by Crippen LogP contribution is 2.27. The van der Waals surface area contributed by atoms with Gasteiger partial charge in [-0.3, -0.25) is 14.6 Å². The zero-order valence-electron chi connectivity index (χ0n) is 20.9. The van der Waals surface area contributed by atoms with Crippen LogP contribution in [0.3, 0.4) is 0 Å². The number of fused-ring (bicyclic) bond motifs is 1. The van der Waals surface area contributed by atoms with Crippen LogP contribution in [0.25, 0.3) is 22.0 Å². The van der Waals surface area contributed by atoms with E-state index in [0.29, 0.717) is 43.8 Å². The van der Waals surface area contributed by atoms with Crippen molar-refractivity contribution < 1.29 is 9.59 Å². The molecule has 6 nitrogen and oxygen atoms in total. The largest absolute Gasteiger partial charge is 0.355 e. The molecule has 0 saturated heterocycles. The Morgan fingerprint density at radius 3 is 2.58 bits per heavy atom. The topological polar surface area (TPSA) is 87.7 Å². The van der Waals surface area contributed by atoms with Gasteiger partial charge in [-0.15, -0.1) is 0 Å². The molecular formula is C30H34N4O2. The van der Waals surface area contributed by atoms with E-state index in [2.05, 4.69) is 50.6 Å². The second-order valence-electron chi connectivity index (χ2n) is 9.15. The molecule has 6 heteroatoms. The Morgan fingerprint density at radius 1 is 0.944 bits per heavy atom. The molecule has 4 aromatic rings. The van der Waals surface area contributed by atoms with Crippen LogP contribution in [-0.2, 0) is 16.0 Å². The van der Waals surface area contributed by atoms with Crippen molar-refractivity contribution in [3.05, 3.63) is 84.6 Å². The Morgan fingerprint density at radius 2 is 1.78 bits per heavy atom. The molecule has 0 fully saturated rings. The Balaban J connectivity index is 1.44. The van der Waals surface area contributed by atoms with Crippen LogP contribution in [0, 0.1) is 0 Å². The van der Waals surface area contributed by atoms with Crippen LogP contribution in [0.15, 0.2) is 73.1 Å². The molecule has 1 unspecified atom stereocenters. The molecule has 0 radical (unpaired) electrons. The van der Waals surface area contributed by atoms with Crippen LogP contribution in [0.5, 0.6) is 0 Å². The lowest BCUT2D eigenvalue weighted by Gasteiger charge is -2.15. The maximum atomic E-state index is 13.2. The number of amides is 1. The average Bonchev–Trinajstić information content (AvgIpc) is 3.40. The number of ketones is 1. The number of aromatic amines is 1. The van der Waals surface area contributed by atoms with Gasteiger partial charge in [-0.2, -0.15) is 0 Å². The van der Waals surface area contributed by atoms with Crippen molar-refractivity contribution in [1.82, 2.24) is 20.3 Å². The third-order valence-corrected chi connectivity index (χ3v) is 6.55. The van der Waals surface area contributed by atoms with Gasteiger partial charge >= 0.3 is 0 Å². The van der Waals surface area contributed by atoms with E-state index in [1.807, 2.05) is 43.5 Å². The first kappa shape index (κ1) is 25.3. The van der Waals surface area contributed by atoms with E-state index in [9.17, 15) is 9.59 Å². The number of aromatic nitrogens is 3. The lowest BCUT2D eigenvalue weighted by Crippen LogP contribution is -2.31. The minimum atomic E-state index is -0.371. The fraction of sp³-hybridized carbons (Fsp3) is 0.333. The van der Waals surface area contributed by atoms with Gasteiger partial charge in [-0.05, 0) is 41.8 Å². The van der Waals surface area contributed by atoms with E-state index in [0.717, 1.165) is 41.6 Å². The summed E-state index contributed by atoms with van der Waals surface area (Å²) in [7, 11) is 0. The highest BCUT2D eigenvalue weighted by molar-refractivity contribution is 5.87. The Kier molecular flexibility index (Phi) is 8.98. The van der Waals surface area contributed by atoms with E-state index in [1.165, 1.54) is 5.39 Å². The van der Waals surface area contributed by atoms with Gasteiger partial charge in [0.05, 0.1) is 17.8 Å². The summed E-state index contributed by atoms with van der Waals surface area (Å²) in [5.41, 5.74) is 2.89. The lowest BCUT2D eigenvalue weighted by molar-refractivity contribution is -0.123. The SMILES string of the molecule is CCC(=O)CCCCCC(C(=O)NCCc1ccccn1)c1ncc(-c2ccc3ccccc3c2)[nH]1. The number of nitrogens with one attached hydrogen (secondary N) is 2. The van der Waals surface area contributed by atoms with E-state index in [-0.39, 0.29) is 11.8 Å². The summed E-state index contributed by atoms with van der Waals surface area (Å²) in [4.78, 5) is 37.2. The number of rotatable bonds is 13. The van der Waals surface area contributed by atoms with Crippen LogP contribution < -0.4 is 5.32 Å². The number of Topliss-reactive ketones (excluding diaryl/α,β-unsaturated/α-hetero) is 1. The molecule has 0 aliphatic heterocycles. The molecule has 2 aromatic carbocycles. The Labute approximate surface area is 212 Å². The molecule has 0 spiro atoms. The molecular weight excluding hydrogens is 448 g/mol. The third-order valence-electron chi connectivity index (χ3n) is 6.55. The van der Waals surface area contributed by atoms with Crippen molar-refractivity contribution in [2.45, 2.75) is 57.8 Å². The molecule has 0 aliphatic carbocycles. The average molecular weight is 483 g/mol. The first-order valence-electron chi connectivity index (χ1n) is 12.9. The van der Waals surface area contributed by atoms with Crippen molar-refractivity contribution >= 4 is 22.5 Å². The first-order chi connectivity index (χ1) is 17.6. The minimum absolute atomic E-state index is 0.0324. The number of unbranched alkanes of at least 4 members (excludes halogenated alkanes) is 2. The molecule has 0 aliphatic rings.